The minimum absolute atomic E-state index is 0. The van der Waals surface area contributed by atoms with Crippen LogP contribution in [0.1, 0.15) is 43.6 Å². The summed E-state index contributed by atoms with van der Waals surface area (Å²) >= 11 is 1.90. The Morgan fingerprint density at radius 1 is 0.762 bits per heavy atom. The van der Waals surface area contributed by atoms with E-state index in [1.807, 2.05) is 53.8 Å². The van der Waals surface area contributed by atoms with E-state index in [0.29, 0.717) is 5.92 Å². The molecular formula is C37H36IrN2SSi-2. The Morgan fingerprint density at radius 3 is 2.29 bits per heavy atom. The summed E-state index contributed by atoms with van der Waals surface area (Å²) < 4.78 is 2.70. The molecule has 1 fully saturated rings. The number of fused-ring (bicyclic) bond motifs is 3. The molecule has 1 aliphatic carbocycles. The largest absolute Gasteiger partial charge is 0.305 e. The number of benzene rings is 3. The predicted octanol–water partition coefficient (Wildman–Crippen LogP) is 10.1. The van der Waals surface area contributed by atoms with Gasteiger partial charge in [-0.15, -0.1) is 59.7 Å². The summed E-state index contributed by atoms with van der Waals surface area (Å²) in [6.07, 6.45) is 10.7. The number of hydrogen-bond donors (Lipinski definition) is 0. The van der Waals surface area contributed by atoms with Gasteiger partial charge in [0.1, 0.15) is 0 Å². The Kier molecular flexibility index (Phi) is 9.85. The summed E-state index contributed by atoms with van der Waals surface area (Å²) in [7, 11) is -1.31. The van der Waals surface area contributed by atoms with Crippen LogP contribution >= 0.6 is 11.3 Å². The van der Waals surface area contributed by atoms with E-state index in [4.69, 9.17) is 4.98 Å². The zero-order chi connectivity index (χ0) is 28.2. The SMILES string of the molecule is C[Si](C)(C)c1ccc2c(c1)sc1c(-c3ccc(C4CCCCC4)cn3)[c-]ccc12.[Ir].[c-]1ccccc1-c1ccccn1. The molecule has 0 saturated heterocycles. The molecule has 0 aliphatic heterocycles. The Labute approximate surface area is 268 Å². The van der Waals surface area contributed by atoms with E-state index in [0.717, 1.165) is 22.5 Å². The first-order valence-electron chi connectivity index (χ1n) is 14.7. The third kappa shape index (κ3) is 6.81. The average Bonchev–Trinajstić information content (AvgIpc) is 3.41. The van der Waals surface area contributed by atoms with Gasteiger partial charge < -0.3 is 9.97 Å². The van der Waals surface area contributed by atoms with E-state index in [9.17, 15) is 0 Å². The van der Waals surface area contributed by atoms with Crippen LogP contribution in [0.2, 0.25) is 19.6 Å². The maximum absolute atomic E-state index is 4.88. The molecule has 0 atom stereocenters. The fourth-order valence-corrected chi connectivity index (χ4v) is 8.22. The van der Waals surface area contributed by atoms with Crippen molar-refractivity contribution in [2.75, 3.05) is 0 Å². The second-order valence-corrected chi connectivity index (χ2v) is 18.1. The van der Waals surface area contributed by atoms with Gasteiger partial charge in [-0.05, 0) is 57.9 Å². The number of aromatic nitrogens is 2. The van der Waals surface area contributed by atoms with Crippen LogP contribution in [0.3, 0.4) is 0 Å². The molecule has 215 valence electrons. The van der Waals surface area contributed by atoms with Crippen molar-refractivity contribution < 1.29 is 20.1 Å². The normalized spacial score (nSPS) is 13.8. The molecule has 0 spiro atoms. The predicted molar refractivity (Wildman–Crippen MR) is 179 cm³/mol. The van der Waals surface area contributed by atoms with Gasteiger partial charge in [0, 0.05) is 37.2 Å². The Balaban J connectivity index is 0.000000228. The first-order chi connectivity index (χ1) is 20.0. The molecule has 0 N–H and O–H groups in total. The molecule has 1 aliphatic rings. The molecule has 7 rings (SSSR count). The van der Waals surface area contributed by atoms with Crippen LogP contribution in [0, 0.1) is 12.1 Å². The van der Waals surface area contributed by atoms with Crippen LogP contribution in [0.15, 0.2) is 97.3 Å². The first-order valence-corrected chi connectivity index (χ1v) is 19.0. The second kappa shape index (κ2) is 13.6. The van der Waals surface area contributed by atoms with Gasteiger partial charge in [-0.2, -0.15) is 11.3 Å². The Hall–Kier alpha value is -2.95. The van der Waals surface area contributed by atoms with E-state index in [-0.39, 0.29) is 20.1 Å². The molecule has 3 aromatic heterocycles. The molecule has 5 heteroatoms. The quantitative estimate of drug-likeness (QED) is 0.132. The third-order valence-corrected chi connectivity index (χ3v) is 11.3. The number of rotatable bonds is 4. The fourth-order valence-electron chi connectivity index (χ4n) is 5.70. The maximum atomic E-state index is 4.88. The van der Waals surface area contributed by atoms with E-state index >= 15 is 0 Å². The molecular weight excluding hydrogens is 725 g/mol. The number of nitrogens with zero attached hydrogens (tertiary/aromatic N) is 2. The van der Waals surface area contributed by atoms with Crippen LogP contribution in [-0.2, 0) is 20.1 Å². The minimum atomic E-state index is -1.31. The van der Waals surface area contributed by atoms with Gasteiger partial charge in [0.05, 0.1) is 8.07 Å². The van der Waals surface area contributed by atoms with Crippen molar-refractivity contribution in [1.29, 1.82) is 0 Å². The van der Waals surface area contributed by atoms with Crippen LogP contribution in [-0.4, -0.2) is 18.0 Å². The van der Waals surface area contributed by atoms with Crippen molar-refractivity contribution in [2.24, 2.45) is 0 Å². The van der Waals surface area contributed by atoms with Gasteiger partial charge >= 0.3 is 0 Å². The van der Waals surface area contributed by atoms with Crippen molar-refractivity contribution in [1.82, 2.24) is 9.97 Å². The average molecular weight is 761 g/mol. The van der Waals surface area contributed by atoms with Crippen molar-refractivity contribution in [2.45, 2.75) is 57.7 Å². The van der Waals surface area contributed by atoms with E-state index < -0.39 is 8.07 Å². The van der Waals surface area contributed by atoms with Crippen LogP contribution in [0.4, 0.5) is 0 Å². The van der Waals surface area contributed by atoms with Crippen LogP contribution in [0.5, 0.6) is 0 Å². The van der Waals surface area contributed by atoms with Crippen molar-refractivity contribution in [3.05, 3.63) is 115 Å². The minimum Gasteiger partial charge on any atom is -0.305 e. The molecule has 1 saturated carbocycles. The zero-order valence-electron chi connectivity index (χ0n) is 24.5. The first kappa shape index (κ1) is 30.5. The molecule has 42 heavy (non-hydrogen) atoms. The van der Waals surface area contributed by atoms with Crippen LogP contribution < -0.4 is 5.19 Å². The number of thiophene rings is 1. The zero-order valence-corrected chi connectivity index (χ0v) is 28.7. The van der Waals surface area contributed by atoms with Crippen LogP contribution in [0.25, 0.3) is 42.7 Å². The standard InChI is InChI=1S/C26H28NSSi.C11H8N.Ir/c1-29(2,3)20-13-14-21-22-10-7-11-23(26(22)28-25(21)16-20)24-15-12-19(17-27-24)18-8-5-4-6-9-18;1-2-6-10(7-3-1)11-8-4-5-9-12-11;/h7,10,12-18H,4-6,8-9H2,1-3H3;1-6,8-9H;/q2*-1;. The summed E-state index contributed by atoms with van der Waals surface area (Å²) in [6, 6.07) is 36.2. The monoisotopic (exact) mass is 761 g/mol. The smallest absolute Gasteiger partial charge is 0.0776 e. The maximum Gasteiger partial charge on any atom is 0.0776 e. The molecule has 2 nitrogen and oxygen atoms in total. The molecule has 0 amide bonds. The van der Waals surface area contributed by atoms with Crippen molar-refractivity contribution in [3.63, 3.8) is 0 Å². The summed E-state index contributed by atoms with van der Waals surface area (Å²) in [5.41, 5.74) is 5.62. The van der Waals surface area contributed by atoms with E-state index in [2.05, 4.69) is 85.4 Å². The molecule has 3 heterocycles. The van der Waals surface area contributed by atoms with Gasteiger partial charge in [0.25, 0.3) is 0 Å². The summed E-state index contributed by atoms with van der Waals surface area (Å²) in [5.74, 6) is 0.703. The van der Waals surface area contributed by atoms with Gasteiger partial charge in [0.2, 0.25) is 0 Å². The van der Waals surface area contributed by atoms with Gasteiger partial charge in [-0.3, -0.25) is 0 Å². The van der Waals surface area contributed by atoms with E-state index in [1.165, 1.54) is 63.0 Å². The molecule has 1 radical (unpaired) electrons. The number of hydrogen-bond acceptors (Lipinski definition) is 3. The van der Waals surface area contributed by atoms with Gasteiger partial charge in [0.15, 0.2) is 0 Å². The summed E-state index contributed by atoms with van der Waals surface area (Å²) in [5, 5.41) is 4.22. The number of pyridine rings is 2. The second-order valence-electron chi connectivity index (χ2n) is 12.0. The molecule has 6 aromatic rings. The van der Waals surface area contributed by atoms with Gasteiger partial charge in [-0.25, -0.2) is 0 Å². The molecule has 3 aromatic carbocycles. The summed E-state index contributed by atoms with van der Waals surface area (Å²) in [6.45, 7) is 7.25. The van der Waals surface area contributed by atoms with Gasteiger partial charge in [-0.1, -0.05) is 85.9 Å². The van der Waals surface area contributed by atoms with Crippen molar-refractivity contribution >= 4 is 44.8 Å². The van der Waals surface area contributed by atoms with Crippen molar-refractivity contribution in [3.8, 4) is 22.5 Å². The summed E-state index contributed by atoms with van der Waals surface area (Å²) in [4.78, 5) is 9.10. The third-order valence-electron chi connectivity index (χ3n) is 8.07. The Morgan fingerprint density at radius 2 is 1.60 bits per heavy atom. The topological polar surface area (TPSA) is 25.8 Å². The Bertz CT molecular complexity index is 1700. The molecule has 0 unspecified atom stereocenters. The van der Waals surface area contributed by atoms with E-state index in [1.54, 1.807) is 6.20 Å². The molecule has 0 bridgehead atoms. The fraction of sp³-hybridized carbons (Fsp3) is 0.243.